The molecule has 0 spiro atoms. The molecule has 0 radical (unpaired) electrons. The molecule has 2 heterocycles. The quantitative estimate of drug-likeness (QED) is 0.794. The van der Waals surface area contributed by atoms with Gasteiger partial charge in [0.1, 0.15) is 17.1 Å². The van der Waals surface area contributed by atoms with Gasteiger partial charge in [0.25, 0.3) is 0 Å². The molecule has 0 saturated heterocycles. The Morgan fingerprint density at radius 3 is 2.56 bits per heavy atom. The van der Waals surface area contributed by atoms with E-state index in [0.717, 1.165) is 30.3 Å². The molecule has 1 aliphatic carbocycles. The Labute approximate surface area is 142 Å². The molecule has 6 nitrogen and oxygen atoms in total. The van der Waals surface area contributed by atoms with E-state index in [2.05, 4.69) is 5.10 Å². The van der Waals surface area contributed by atoms with Crippen LogP contribution in [-0.2, 0) is 0 Å². The first-order chi connectivity index (χ1) is 11.9. The number of aromatic nitrogens is 3. The van der Waals surface area contributed by atoms with Crippen molar-refractivity contribution in [1.29, 1.82) is 0 Å². The van der Waals surface area contributed by atoms with Crippen LogP contribution in [0.5, 0.6) is 0 Å². The normalized spacial score (nSPS) is 14.2. The second-order valence-electron chi connectivity index (χ2n) is 6.48. The van der Waals surface area contributed by atoms with Gasteiger partial charge in [0.15, 0.2) is 0 Å². The Balaban J connectivity index is 2.07. The van der Waals surface area contributed by atoms with Crippen molar-refractivity contribution in [3.63, 3.8) is 0 Å². The number of hydrogen-bond donors (Lipinski definition) is 1. The molecule has 1 fully saturated rings. The molecule has 4 rings (SSSR count). The summed E-state index contributed by atoms with van der Waals surface area (Å²) in [4.78, 5) is 23.8. The van der Waals surface area contributed by atoms with Crippen LogP contribution in [0.2, 0.25) is 0 Å². The molecule has 0 unspecified atom stereocenters. The van der Waals surface area contributed by atoms with Gasteiger partial charge in [-0.1, -0.05) is 0 Å². The van der Waals surface area contributed by atoms with Crippen LogP contribution >= 0.6 is 0 Å². The molecule has 0 bridgehead atoms. The van der Waals surface area contributed by atoms with Crippen LogP contribution in [0.4, 0.5) is 4.39 Å². The topological polar surface area (TPSA) is 77.1 Å². The molecule has 0 aliphatic heterocycles. The highest BCUT2D eigenvalue weighted by Gasteiger charge is 2.27. The van der Waals surface area contributed by atoms with Crippen molar-refractivity contribution >= 4 is 16.9 Å². The molecule has 0 atom stereocenters. The minimum Gasteiger partial charge on any atom is -0.477 e. The second kappa shape index (κ2) is 5.27. The number of nitrogens with zero attached hydrogens (tertiary/aromatic N) is 3. The second-order valence-corrected chi connectivity index (χ2v) is 6.48. The van der Waals surface area contributed by atoms with Crippen LogP contribution in [0.1, 0.15) is 40.6 Å². The van der Waals surface area contributed by atoms with E-state index >= 15 is 0 Å². The van der Waals surface area contributed by atoms with Crippen molar-refractivity contribution in [3.05, 3.63) is 57.4 Å². The number of carboxylic acids is 1. The van der Waals surface area contributed by atoms with Gasteiger partial charge in [-0.05, 0) is 44.9 Å². The summed E-state index contributed by atoms with van der Waals surface area (Å²) < 4.78 is 18.0. The summed E-state index contributed by atoms with van der Waals surface area (Å²) in [6.45, 7) is 3.65. The van der Waals surface area contributed by atoms with Crippen molar-refractivity contribution in [2.45, 2.75) is 32.7 Å². The fourth-order valence-corrected chi connectivity index (χ4v) is 3.20. The van der Waals surface area contributed by atoms with Crippen LogP contribution in [0.15, 0.2) is 29.2 Å². The van der Waals surface area contributed by atoms with Gasteiger partial charge in [0.05, 0.1) is 11.2 Å². The lowest BCUT2D eigenvalue weighted by Gasteiger charge is -2.14. The Morgan fingerprint density at radius 1 is 1.28 bits per heavy atom. The third-order valence-corrected chi connectivity index (χ3v) is 4.51. The molecule has 1 aromatic carbocycles. The largest absolute Gasteiger partial charge is 0.477 e. The van der Waals surface area contributed by atoms with Crippen molar-refractivity contribution < 1.29 is 14.3 Å². The van der Waals surface area contributed by atoms with Crippen LogP contribution in [-0.4, -0.2) is 25.4 Å². The molecule has 3 aromatic rings. The van der Waals surface area contributed by atoms with Gasteiger partial charge < -0.3 is 9.67 Å². The number of carboxylic acid groups (broad SMARTS) is 1. The van der Waals surface area contributed by atoms with Crippen LogP contribution in [0.3, 0.4) is 0 Å². The minimum absolute atomic E-state index is 0.0783. The summed E-state index contributed by atoms with van der Waals surface area (Å²) >= 11 is 0. The monoisotopic (exact) mass is 341 g/mol. The summed E-state index contributed by atoms with van der Waals surface area (Å²) in [6, 6.07) is 4.68. The number of halogens is 1. The van der Waals surface area contributed by atoms with Crippen LogP contribution in [0, 0.1) is 19.7 Å². The van der Waals surface area contributed by atoms with Crippen molar-refractivity contribution in [2.24, 2.45) is 0 Å². The highest BCUT2D eigenvalue weighted by molar-refractivity contribution is 5.93. The lowest BCUT2D eigenvalue weighted by atomic mass is 10.1. The van der Waals surface area contributed by atoms with Crippen LogP contribution in [0.25, 0.3) is 16.6 Å². The highest BCUT2D eigenvalue weighted by atomic mass is 19.1. The molecule has 25 heavy (non-hydrogen) atoms. The smallest absolute Gasteiger partial charge is 0.341 e. The number of aromatic carboxylic acids is 1. The number of rotatable bonds is 3. The summed E-state index contributed by atoms with van der Waals surface area (Å²) in [5, 5.41) is 13.7. The third-order valence-electron chi connectivity index (χ3n) is 4.51. The maximum Gasteiger partial charge on any atom is 0.341 e. The summed E-state index contributed by atoms with van der Waals surface area (Å²) in [5.74, 6) is -1.91. The maximum absolute atomic E-state index is 14.7. The van der Waals surface area contributed by atoms with Gasteiger partial charge in [-0.25, -0.2) is 13.9 Å². The molecule has 1 saturated carbocycles. The van der Waals surface area contributed by atoms with Gasteiger partial charge in [-0.2, -0.15) is 5.10 Å². The number of fused-ring (bicyclic) bond motifs is 1. The third kappa shape index (κ3) is 2.43. The van der Waals surface area contributed by atoms with Gasteiger partial charge in [-0.3, -0.25) is 4.79 Å². The maximum atomic E-state index is 14.7. The first kappa shape index (κ1) is 15.6. The molecular weight excluding hydrogens is 325 g/mol. The average molecular weight is 341 g/mol. The van der Waals surface area contributed by atoms with Gasteiger partial charge >= 0.3 is 5.97 Å². The van der Waals surface area contributed by atoms with E-state index in [1.54, 1.807) is 10.6 Å². The van der Waals surface area contributed by atoms with Crippen LogP contribution < -0.4 is 5.43 Å². The predicted octanol–water partition coefficient (Wildman–Crippen LogP) is 2.98. The van der Waals surface area contributed by atoms with E-state index in [-0.39, 0.29) is 22.7 Å². The molecule has 7 heteroatoms. The van der Waals surface area contributed by atoms with Gasteiger partial charge in [0.2, 0.25) is 5.43 Å². The predicted molar refractivity (Wildman–Crippen MR) is 90.0 cm³/mol. The van der Waals surface area contributed by atoms with Crippen molar-refractivity contribution in [1.82, 2.24) is 14.3 Å². The summed E-state index contributed by atoms with van der Waals surface area (Å²) in [5.41, 5.74) is 1.31. The molecule has 0 amide bonds. The lowest BCUT2D eigenvalue weighted by Crippen LogP contribution is -2.19. The summed E-state index contributed by atoms with van der Waals surface area (Å²) in [7, 11) is 0. The Kier molecular flexibility index (Phi) is 3.28. The minimum atomic E-state index is -1.30. The highest BCUT2D eigenvalue weighted by Crippen LogP contribution is 2.37. The number of carbonyl (C=O) groups is 1. The Bertz CT molecular complexity index is 1090. The number of pyridine rings is 1. The lowest BCUT2D eigenvalue weighted by molar-refractivity contribution is 0.0695. The number of benzene rings is 1. The van der Waals surface area contributed by atoms with Crippen molar-refractivity contribution in [2.75, 3.05) is 0 Å². The molecule has 1 N–H and O–H groups in total. The standard InChI is InChI=1S/C18H16FN3O3/c1-9-5-10(2)22(20-9)16-7-15-12(6-14(16)19)17(23)13(18(24)25)8-21(15)11-3-4-11/h5-8,11H,3-4H2,1-2H3,(H,24,25). The van der Waals surface area contributed by atoms with Crippen molar-refractivity contribution in [3.8, 4) is 5.69 Å². The number of hydrogen-bond acceptors (Lipinski definition) is 3. The summed E-state index contributed by atoms with van der Waals surface area (Å²) in [6.07, 6.45) is 3.18. The average Bonchev–Trinajstić information content (AvgIpc) is 3.32. The van der Waals surface area contributed by atoms with E-state index in [0.29, 0.717) is 5.52 Å². The molecule has 2 aromatic heterocycles. The first-order valence-electron chi connectivity index (χ1n) is 8.02. The van der Waals surface area contributed by atoms with E-state index < -0.39 is 17.2 Å². The fraction of sp³-hybridized carbons (Fsp3) is 0.278. The SMILES string of the molecule is Cc1cc(C)n(-c2cc3c(cc2F)c(=O)c(C(=O)O)cn3C2CC2)n1. The zero-order valence-corrected chi connectivity index (χ0v) is 13.8. The first-order valence-corrected chi connectivity index (χ1v) is 8.02. The van der Waals surface area contributed by atoms with Gasteiger partial charge in [-0.15, -0.1) is 0 Å². The number of aryl methyl sites for hydroxylation is 2. The molecule has 128 valence electrons. The van der Waals surface area contributed by atoms with E-state index in [1.807, 2.05) is 19.9 Å². The fourth-order valence-electron chi connectivity index (χ4n) is 3.20. The zero-order chi connectivity index (χ0) is 17.9. The Hall–Kier alpha value is -2.96. The molecular formula is C18H16FN3O3. The van der Waals surface area contributed by atoms with Gasteiger partial charge in [0, 0.05) is 23.3 Å². The van der Waals surface area contributed by atoms with E-state index in [1.165, 1.54) is 10.9 Å². The Morgan fingerprint density at radius 2 is 2.00 bits per heavy atom. The molecule has 1 aliphatic rings. The van der Waals surface area contributed by atoms with E-state index in [9.17, 15) is 19.1 Å². The zero-order valence-electron chi connectivity index (χ0n) is 13.8. The van der Waals surface area contributed by atoms with E-state index in [4.69, 9.17) is 0 Å².